The maximum absolute atomic E-state index is 6.08. The van der Waals surface area contributed by atoms with E-state index in [0.29, 0.717) is 5.04 Å². The summed E-state index contributed by atoms with van der Waals surface area (Å²) in [6.45, 7) is 16.6. The van der Waals surface area contributed by atoms with Gasteiger partial charge in [0.05, 0.1) is 13.2 Å². The molecule has 0 aliphatic carbocycles. The second kappa shape index (κ2) is 8.28. The predicted octanol–water partition coefficient (Wildman–Crippen LogP) is 2.82. The Hall–Kier alpha value is -0.883. The van der Waals surface area contributed by atoms with Crippen molar-refractivity contribution in [3.8, 4) is 0 Å². The fourth-order valence-electron chi connectivity index (χ4n) is 2.60. The normalized spacial score (nSPS) is 17.4. The predicted molar refractivity (Wildman–Crippen MR) is 99.9 cm³/mol. The first-order chi connectivity index (χ1) is 10.8. The molecule has 0 saturated carbocycles. The van der Waals surface area contributed by atoms with Gasteiger partial charge in [0.1, 0.15) is 5.04 Å². The maximum Gasteiger partial charge on any atom is 0.475 e. The van der Waals surface area contributed by atoms with Gasteiger partial charge >= 0.3 is 9.04 Å². The van der Waals surface area contributed by atoms with E-state index in [1.54, 1.807) is 0 Å². The Morgan fingerprint density at radius 1 is 1.04 bits per heavy atom. The minimum absolute atomic E-state index is 0.322. The van der Waals surface area contributed by atoms with Crippen molar-refractivity contribution < 1.29 is 4.43 Å². The summed E-state index contributed by atoms with van der Waals surface area (Å²) in [5.74, 6) is 0. The number of anilines is 1. The lowest BCUT2D eigenvalue weighted by Gasteiger charge is -2.34. The van der Waals surface area contributed by atoms with Crippen LogP contribution in [-0.4, -0.2) is 58.2 Å². The Bertz CT molecular complexity index is 464. The van der Waals surface area contributed by atoms with E-state index < -0.39 is 9.04 Å². The number of piperazine rings is 1. The highest BCUT2D eigenvalue weighted by atomic mass is 28.3. The fourth-order valence-corrected chi connectivity index (χ4v) is 3.43. The van der Waals surface area contributed by atoms with Crippen LogP contribution in [0.5, 0.6) is 0 Å². The van der Waals surface area contributed by atoms with Gasteiger partial charge in [0.2, 0.25) is 0 Å². The molecular formula is C18H32N3OSi+. The lowest BCUT2D eigenvalue weighted by molar-refractivity contribution is 0.111. The summed E-state index contributed by atoms with van der Waals surface area (Å²) in [5, 5.41) is 0.322. The molecule has 4 nitrogen and oxygen atoms in total. The molecule has 0 amide bonds. The maximum atomic E-state index is 6.08. The molecule has 0 spiro atoms. The van der Waals surface area contributed by atoms with Crippen LogP contribution in [0, 0.1) is 0 Å². The van der Waals surface area contributed by atoms with Crippen molar-refractivity contribution in [3.05, 3.63) is 29.8 Å². The molecule has 5 heteroatoms. The van der Waals surface area contributed by atoms with Crippen LogP contribution in [-0.2, 0) is 11.0 Å². The van der Waals surface area contributed by atoms with Gasteiger partial charge in [-0.15, -0.1) is 0 Å². The quantitative estimate of drug-likeness (QED) is 0.642. The van der Waals surface area contributed by atoms with Crippen LogP contribution < -0.4 is 5.73 Å². The average Bonchev–Trinajstić information content (AvgIpc) is 2.50. The van der Waals surface area contributed by atoms with Crippen LogP contribution in [0.1, 0.15) is 26.3 Å². The number of hydrogen-bond acceptors (Lipinski definition) is 4. The molecule has 1 fully saturated rings. The molecule has 1 aromatic rings. The van der Waals surface area contributed by atoms with Gasteiger partial charge in [-0.2, -0.15) is 0 Å². The number of rotatable bonds is 6. The summed E-state index contributed by atoms with van der Waals surface area (Å²) in [7, 11) is -0.707. The van der Waals surface area contributed by atoms with Gasteiger partial charge in [0.15, 0.2) is 0 Å². The van der Waals surface area contributed by atoms with Crippen LogP contribution in [0.2, 0.25) is 11.6 Å². The second-order valence-corrected chi connectivity index (χ2v) is 10.4. The molecule has 1 saturated heterocycles. The van der Waals surface area contributed by atoms with E-state index in [1.807, 2.05) is 12.1 Å². The molecule has 1 aromatic carbocycles. The van der Waals surface area contributed by atoms with Gasteiger partial charge in [-0.1, -0.05) is 12.1 Å². The first-order valence-electron chi connectivity index (χ1n) is 8.60. The van der Waals surface area contributed by atoms with Crippen LogP contribution >= 0.6 is 0 Å². The van der Waals surface area contributed by atoms with E-state index in [9.17, 15) is 0 Å². The first kappa shape index (κ1) is 18.5. The van der Waals surface area contributed by atoms with Gasteiger partial charge in [-0.05, 0) is 38.5 Å². The van der Waals surface area contributed by atoms with Crippen LogP contribution in [0.25, 0.3) is 0 Å². The molecule has 1 aliphatic heterocycles. The Morgan fingerprint density at radius 2 is 1.61 bits per heavy atom. The fraction of sp³-hybridized carbons (Fsp3) is 0.667. The molecule has 23 heavy (non-hydrogen) atoms. The molecule has 1 heterocycles. The van der Waals surface area contributed by atoms with E-state index in [0.717, 1.165) is 51.6 Å². The van der Waals surface area contributed by atoms with Gasteiger partial charge in [0, 0.05) is 45.0 Å². The molecule has 0 radical (unpaired) electrons. The molecule has 1 aliphatic rings. The van der Waals surface area contributed by atoms with Crippen molar-refractivity contribution in [2.24, 2.45) is 0 Å². The van der Waals surface area contributed by atoms with E-state index in [2.05, 4.69) is 49.3 Å². The van der Waals surface area contributed by atoms with Crippen LogP contribution in [0.3, 0.4) is 0 Å². The number of nitrogens with zero attached hydrogens (tertiary/aromatic N) is 2. The van der Waals surface area contributed by atoms with Gasteiger partial charge in [-0.3, -0.25) is 9.80 Å². The summed E-state index contributed by atoms with van der Waals surface area (Å²) < 4.78 is 6.08. The molecular weight excluding hydrogens is 302 g/mol. The van der Waals surface area contributed by atoms with E-state index in [4.69, 9.17) is 10.2 Å². The monoisotopic (exact) mass is 334 g/mol. The van der Waals surface area contributed by atoms with Crippen molar-refractivity contribution >= 4 is 14.7 Å². The summed E-state index contributed by atoms with van der Waals surface area (Å²) in [5.41, 5.74) is 7.93. The highest BCUT2D eigenvalue weighted by Crippen LogP contribution is 2.26. The Labute approximate surface area is 143 Å². The SMILES string of the molecule is C[Si+](OCCN1CCN(Cc2ccc(N)cc2)CC1)C(C)(C)C. The third kappa shape index (κ3) is 6.26. The molecule has 0 unspecified atom stereocenters. The zero-order valence-electron chi connectivity index (χ0n) is 15.1. The van der Waals surface area contributed by atoms with Crippen molar-refractivity contribution in [1.29, 1.82) is 0 Å². The van der Waals surface area contributed by atoms with Crippen molar-refractivity contribution in [3.63, 3.8) is 0 Å². The molecule has 0 aromatic heterocycles. The summed E-state index contributed by atoms with van der Waals surface area (Å²) in [6.07, 6.45) is 0. The van der Waals surface area contributed by atoms with E-state index in [-0.39, 0.29) is 0 Å². The summed E-state index contributed by atoms with van der Waals surface area (Å²) in [4.78, 5) is 5.05. The second-order valence-electron chi connectivity index (χ2n) is 7.51. The van der Waals surface area contributed by atoms with E-state index >= 15 is 0 Å². The topological polar surface area (TPSA) is 41.7 Å². The zero-order valence-corrected chi connectivity index (χ0v) is 16.1. The van der Waals surface area contributed by atoms with Crippen LogP contribution in [0.4, 0.5) is 5.69 Å². The summed E-state index contributed by atoms with van der Waals surface area (Å²) in [6, 6.07) is 8.24. The molecule has 2 N–H and O–H groups in total. The molecule has 128 valence electrons. The third-order valence-electron chi connectivity index (χ3n) is 4.63. The summed E-state index contributed by atoms with van der Waals surface area (Å²) >= 11 is 0. The zero-order chi connectivity index (χ0) is 16.9. The van der Waals surface area contributed by atoms with Crippen LogP contribution in [0.15, 0.2) is 24.3 Å². The molecule has 0 bridgehead atoms. The average molecular weight is 335 g/mol. The molecule has 2 rings (SSSR count). The van der Waals surface area contributed by atoms with Crippen molar-refractivity contribution in [2.75, 3.05) is 45.1 Å². The number of nitrogen functional groups attached to an aromatic ring is 1. The highest BCUT2D eigenvalue weighted by molar-refractivity contribution is 6.53. The van der Waals surface area contributed by atoms with Gasteiger partial charge in [-0.25, -0.2) is 4.43 Å². The van der Waals surface area contributed by atoms with Crippen molar-refractivity contribution in [2.45, 2.75) is 38.9 Å². The standard InChI is InChI=1S/C18H32N3OSi/c1-18(2,3)23(4)22-14-13-20-9-11-21(12-10-20)15-16-5-7-17(19)8-6-16/h5-8H,9-15,19H2,1-4H3/q+1. The van der Waals surface area contributed by atoms with Gasteiger partial charge in [0.25, 0.3) is 0 Å². The largest absolute Gasteiger partial charge is 0.475 e. The smallest absolute Gasteiger partial charge is 0.399 e. The number of benzene rings is 1. The first-order valence-corrected chi connectivity index (χ1v) is 10.5. The Balaban J connectivity index is 1.65. The lowest BCUT2D eigenvalue weighted by Crippen LogP contribution is -2.47. The Kier molecular flexibility index (Phi) is 6.65. The van der Waals surface area contributed by atoms with Gasteiger partial charge < -0.3 is 5.73 Å². The minimum Gasteiger partial charge on any atom is -0.399 e. The van der Waals surface area contributed by atoms with E-state index in [1.165, 1.54) is 5.56 Å². The van der Waals surface area contributed by atoms with Crippen molar-refractivity contribution in [1.82, 2.24) is 9.80 Å². The number of nitrogens with two attached hydrogens (primary N) is 1. The minimum atomic E-state index is -0.707. The lowest BCUT2D eigenvalue weighted by atomic mass is 10.2. The molecule has 0 atom stereocenters. The third-order valence-corrected chi connectivity index (χ3v) is 7.38. The Morgan fingerprint density at radius 3 is 2.17 bits per heavy atom. The highest BCUT2D eigenvalue weighted by Gasteiger charge is 2.38. The number of hydrogen-bond donors (Lipinski definition) is 1.